The van der Waals surface area contributed by atoms with E-state index in [1.54, 1.807) is 6.07 Å². The largest absolute Gasteiger partial charge is 0.349 e. The van der Waals surface area contributed by atoms with Crippen LogP contribution in [0.2, 0.25) is 5.02 Å². The van der Waals surface area contributed by atoms with Crippen LogP contribution in [0.5, 0.6) is 0 Å². The quantitative estimate of drug-likeness (QED) is 0.840. The van der Waals surface area contributed by atoms with Crippen LogP contribution < -0.4 is 5.32 Å². The number of carbonyl (C=O) groups excluding carboxylic acids is 1. The molecule has 0 atom stereocenters. The number of aryl methyl sites for hydroxylation is 1. The number of rotatable bonds is 2. The van der Waals surface area contributed by atoms with Gasteiger partial charge >= 0.3 is 0 Å². The zero-order valence-corrected chi connectivity index (χ0v) is 10.2. The summed E-state index contributed by atoms with van der Waals surface area (Å²) in [6.07, 6.45) is 4.65. The number of carbonyl (C=O) groups is 1. The van der Waals surface area contributed by atoms with Gasteiger partial charge in [0.05, 0.1) is 0 Å². The fourth-order valence-electron chi connectivity index (χ4n) is 2.07. The van der Waals surface area contributed by atoms with Gasteiger partial charge in [0.1, 0.15) is 0 Å². The molecule has 0 radical (unpaired) electrons. The summed E-state index contributed by atoms with van der Waals surface area (Å²) in [5.41, 5.74) is 1.65. The van der Waals surface area contributed by atoms with Gasteiger partial charge in [-0.2, -0.15) is 0 Å². The highest BCUT2D eigenvalue weighted by atomic mass is 35.5. The third-order valence-electron chi connectivity index (χ3n) is 3.12. The van der Waals surface area contributed by atoms with Gasteiger partial charge in [-0.15, -0.1) is 0 Å². The molecule has 0 aliphatic heterocycles. The first-order valence-corrected chi connectivity index (χ1v) is 6.11. The molecule has 0 bridgehead atoms. The van der Waals surface area contributed by atoms with E-state index >= 15 is 0 Å². The molecule has 1 saturated carbocycles. The minimum atomic E-state index is -0.00574. The molecule has 3 heteroatoms. The Bertz CT molecular complexity index is 397. The second kappa shape index (κ2) is 4.88. The molecule has 1 fully saturated rings. The summed E-state index contributed by atoms with van der Waals surface area (Å²) >= 11 is 5.99. The Morgan fingerprint density at radius 1 is 1.38 bits per heavy atom. The number of nitrogens with one attached hydrogen (secondary N) is 1. The van der Waals surface area contributed by atoms with Gasteiger partial charge in [0.25, 0.3) is 5.91 Å². The third-order valence-corrected chi connectivity index (χ3v) is 3.53. The summed E-state index contributed by atoms with van der Waals surface area (Å²) in [6, 6.07) is 5.80. The molecule has 1 aliphatic carbocycles. The molecule has 0 unspecified atom stereocenters. The maximum atomic E-state index is 11.9. The molecular formula is C13H16ClNO. The van der Waals surface area contributed by atoms with Crippen LogP contribution in [-0.4, -0.2) is 11.9 Å². The highest BCUT2D eigenvalue weighted by molar-refractivity contribution is 6.31. The van der Waals surface area contributed by atoms with E-state index < -0.39 is 0 Å². The molecule has 1 aliphatic rings. The van der Waals surface area contributed by atoms with E-state index in [1.165, 1.54) is 12.8 Å². The van der Waals surface area contributed by atoms with Crippen LogP contribution in [0.25, 0.3) is 0 Å². The van der Waals surface area contributed by atoms with Gasteiger partial charge in [0.2, 0.25) is 0 Å². The summed E-state index contributed by atoms with van der Waals surface area (Å²) in [4.78, 5) is 11.9. The van der Waals surface area contributed by atoms with E-state index in [0.29, 0.717) is 16.6 Å². The van der Waals surface area contributed by atoms with Gasteiger partial charge in [-0.1, -0.05) is 30.5 Å². The lowest BCUT2D eigenvalue weighted by Gasteiger charge is -2.12. The van der Waals surface area contributed by atoms with Crippen LogP contribution >= 0.6 is 11.6 Å². The second-order valence-corrected chi connectivity index (χ2v) is 4.83. The fourth-order valence-corrected chi connectivity index (χ4v) is 2.25. The zero-order valence-electron chi connectivity index (χ0n) is 9.42. The van der Waals surface area contributed by atoms with Gasteiger partial charge in [-0.25, -0.2) is 0 Å². The van der Waals surface area contributed by atoms with E-state index in [2.05, 4.69) is 5.32 Å². The van der Waals surface area contributed by atoms with E-state index in [-0.39, 0.29) is 5.91 Å². The van der Waals surface area contributed by atoms with Crippen molar-refractivity contribution in [3.8, 4) is 0 Å². The molecule has 0 aromatic heterocycles. The molecule has 86 valence electrons. The van der Waals surface area contributed by atoms with Crippen LogP contribution in [0.1, 0.15) is 41.6 Å². The Balaban J connectivity index is 2.05. The van der Waals surface area contributed by atoms with Gasteiger partial charge < -0.3 is 5.32 Å². The van der Waals surface area contributed by atoms with E-state index in [9.17, 15) is 4.79 Å². The van der Waals surface area contributed by atoms with Crippen LogP contribution in [-0.2, 0) is 0 Å². The molecule has 2 nitrogen and oxygen atoms in total. The first kappa shape index (κ1) is 11.5. The van der Waals surface area contributed by atoms with E-state index in [1.807, 2.05) is 19.1 Å². The van der Waals surface area contributed by atoms with E-state index in [4.69, 9.17) is 11.6 Å². The van der Waals surface area contributed by atoms with Crippen molar-refractivity contribution in [3.05, 3.63) is 34.3 Å². The van der Waals surface area contributed by atoms with Crippen molar-refractivity contribution in [2.45, 2.75) is 38.6 Å². The molecule has 0 saturated heterocycles. The predicted octanol–water partition coefficient (Wildman–Crippen LogP) is 3.32. The SMILES string of the molecule is Cc1ccc(C(=O)NC2CCCC2)cc1Cl. The minimum absolute atomic E-state index is 0.00574. The average molecular weight is 238 g/mol. The minimum Gasteiger partial charge on any atom is -0.349 e. The lowest BCUT2D eigenvalue weighted by atomic mass is 10.1. The molecule has 2 rings (SSSR count). The van der Waals surface area contributed by atoms with Crippen molar-refractivity contribution < 1.29 is 4.79 Å². The normalized spacial score (nSPS) is 16.4. The first-order valence-electron chi connectivity index (χ1n) is 5.74. The van der Waals surface area contributed by atoms with Gasteiger partial charge in [-0.05, 0) is 37.5 Å². The highest BCUT2D eigenvalue weighted by Gasteiger charge is 2.18. The second-order valence-electron chi connectivity index (χ2n) is 4.42. The van der Waals surface area contributed by atoms with Gasteiger partial charge in [0.15, 0.2) is 0 Å². The topological polar surface area (TPSA) is 29.1 Å². The van der Waals surface area contributed by atoms with Crippen molar-refractivity contribution in [2.75, 3.05) is 0 Å². The first-order chi connectivity index (χ1) is 7.66. The molecule has 1 amide bonds. The Labute approximate surface area is 101 Å². The molecular weight excluding hydrogens is 222 g/mol. The summed E-state index contributed by atoms with van der Waals surface area (Å²) < 4.78 is 0. The smallest absolute Gasteiger partial charge is 0.251 e. The lowest BCUT2D eigenvalue weighted by Crippen LogP contribution is -2.32. The van der Waals surface area contributed by atoms with Crippen LogP contribution in [0.4, 0.5) is 0 Å². The summed E-state index contributed by atoms with van der Waals surface area (Å²) in [7, 11) is 0. The highest BCUT2D eigenvalue weighted by Crippen LogP contribution is 2.20. The van der Waals surface area contributed by atoms with Gasteiger partial charge in [0, 0.05) is 16.6 Å². The molecule has 16 heavy (non-hydrogen) atoms. The standard InChI is InChI=1S/C13H16ClNO/c1-9-6-7-10(8-12(9)14)13(16)15-11-4-2-3-5-11/h6-8,11H,2-5H2,1H3,(H,15,16). The number of hydrogen-bond acceptors (Lipinski definition) is 1. The molecule has 0 heterocycles. The summed E-state index contributed by atoms with van der Waals surface area (Å²) in [5, 5.41) is 3.70. The van der Waals surface area contributed by atoms with Gasteiger partial charge in [-0.3, -0.25) is 4.79 Å². The van der Waals surface area contributed by atoms with Crippen LogP contribution in [0.3, 0.4) is 0 Å². The average Bonchev–Trinajstić information content (AvgIpc) is 2.74. The molecule has 1 aromatic carbocycles. The number of halogens is 1. The zero-order chi connectivity index (χ0) is 11.5. The fraction of sp³-hybridized carbons (Fsp3) is 0.462. The Hall–Kier alpha value is -1.02. The Morgan fingerprint density at radius 3 is 2.69 bits per heavy atom. The summed E-state index contributed by atoms with van der Waals surface area (Å²) in [5.74, 6) is -0.00574. The molecule has 1 N–H and O–H groups in total. The maximum absolute atomic E-state index is 11.9. The van der Waals surface area contributed by atoms with Crippen molar-refractivity contribution in [1.29, 1.82) is 0 Å². The van der Waals surface area contributed by atoms with Crippen molar-refractivity contribution >= 4 is 17.5 Å². The number of hydrogen-bond donors (Lipinski definition) is 1. The van der Waals surface area contributed by atoms with Crippen molar-refractivity contribution in [2.24, 2.45) is 0 Å². The predicted molar refractivity (Wildman–Crippen MR) is 65.9 cm³/mol. The number of benzene rings is 1. The third kappa shape index (κ3) is 2.56. The molecule has 1 aromatic rings. The number of amides is 1. The lowest BCUT2D eigenvalue weighted by molar-refractivity contribution is 0.0938. The summed E-state index contributed by atoms with van der Waals surface area (Å²) in [6.45, 7) is 1.93. The Kier molecular flexibility index (Phi) is 3.49. The van der Waals surface area contributed by atoms with Crippen molar-refractivity contribution in [3.63, 3.8) is 0 Å². The maximum Gasteiger partial charge on any atom is 0.251 e. The van der Waals surface area contributed by atoms with E-state index in [0.717, 1.165) is 18.4 Å². The van der Waals surface area contributed by atoms with Crippen LogP contribution in [0, 0.1) is 6.92 Å². The Morgan fingerprint density at radius 2 is 2.06 bits per heavy atom. The van der Waals surface area contributed by atoms with Crippen molar-refractivity contribution in [1.82, 2.24) is 5.32 Å². The molecule has 0 spiro atoms. The van der Waals surface area contributed by atoms with Crippen LogP contribution in [0.15, 0.2) is 18.2 Å². The monoisotopic (exact) mass is 237 g/mol.